The molecule has 2 unspecified atom stereocenters. The van der Waals surface area contributed by atoms with Crippen LogP contribution in [0.2, 0.25) is 5.02 Å². The van der Waals surface area contributed by atoms with E-state index in [4.69, 9.17) is 28.2 Å². The molecule has 1 aromatic carbocycles. The molecule has 9 nitrogen and oxygen atoms in total. The fourth-order valence-electron chi connectivity index (χ4n) is 3.97. The predicted octanol–water partition coefficient (Wildman–Crippen LogP) is 3.67. The van der Waals surface area contributed by atoms with Gasteiger partial charge in [-0.3, -0.25) is 9.78 Å². The maximum atomic E-state index is 13.4. The van der Waals surface area contributed by atoms with Gasteiger partial charge in [-0.2, -0.15) is 4.98 Å². The summed E-state index contributed by atoms with van der Waals surface area (Å²) in [5.74, 6) is -0.0154. The minimum Gasteiger partial charge on any atom is -0.493 e. The molecule has 0 bridgehead atoms. The van der Waals surface area contributed by atoms with Crippen LogP contribution in [0, 0.1) is 0 Å². The Morgan fingerprint density at radius 3 is 3.00 bits per heavy atom. The lowest BCUT2D eigenvalue weighted by Crippen LogP contribution is -2.38. The molecule has 0 spiro atoms. The zero-order chi connectivity index (χ0) is 25.3. The number of hydrogen-bond donors (Lipinski definition) is 2. The van der Waals surface area contributed by atoms with Crippen molar-refractivity contribution in [3.8, 4) is 5.75 Å². The van der Waals surface area contributed by atoms with Gasteiger partial charge < -0.3 is 29.2 Å². The number of hydrogen-bond acceptors (Lipinski definition) is 8. The average molecular weight is 477 g/mol. The summed E-state index contributed by atoms with van der Waals surface area (Å²) < 4.78 is 32.0. The Bertz CT molecular complexity index is 1220. The van der Waals surface area contributed by atoms with Crippen LogP contribution in [0.3, 0.4) is 0 Å². The first kappa shape index (κ1) is 20.7. The third-order valence-corrected chi connectivity index (χ3v) is 5.82. The van der Waals surface area contributed by atoms with E-state index in [1.807, 2.05) is 6.92 Å². The normalized spacial score (nSPS) is 20.5. The number of methoxy groups -OCH3 is 1. The van der Waals surface area contributed by atoms with E-state index in [0.717, 1.165) is 0 Å². The molecule has 10 heteroatoms. The molecule has 3 atom stereocenters. The van der Waals surface area contributed by atoms with E-state index in [0.29, 0.717) is 39.6 Å². The monoisotopic (exact) mass is 476 g/mol. The topological polar surface area (TPSA) is 110 Å². The van der Waals surface area contributed by atoms with Gasteiger partial charge in [-0.05, 0) is 44.5 Å². The summed E-state index contributed by atoms with van der Waals surface area (Å²) in [5.41, 5.74) is 1.80. The van der Waals surface area contributed by atoms with Gasteiger partial charge in [0.15, 0.2) is 11.3 Å². The molecular formula is C23H27ClN4O5. The average Bonchev–Trinajstić information content (AvgIpc) is 3.39. The van der Waals surface area contributed by atoms with Crippen LogP contribution in [0.15, 0.2) is 34.9 Å². The fraction of sp³-hybridized carbons (Fsp3) is 0.435. The number of aliphatic hydroxyl groups is 1. The maximum absolute atomic E-state index is 13.4. The van der Waals surface area contributed by atoms with E-state index < -0.39 is 18.7 Å². The molecule has 1 saturated heterocycles. The SMILES string of the molecule is [2H]C([2H])(C)O[C@@H]1CC(CO)N(C(=O)c2cc(OC)c3oc(NC(C)c4cc(Cl)ccn4)nc3c2)C1. The predicted molar refractivity (Wildman–Crippen MR) is 124 cm³/mol. The summed E-state index contributed by atoms with van der Waals surface area (Å²) in [5, 5.41) is 13.5. The van der Waals surface area contributed by atoms with E-state index in [9.17, 15) is 9.90 Å². The zero-order valence-electron chi connectivity index (χ0n) is 20.5. The number of carbonyl (C=O) groups excluding carboxylic acids is 1. The van der Waals surface area contributed by atoms with E-state index >= 15 is 0 Å². The highest BCUT2D eigenvalue weighted by Crippen LogP contribution is 2.33. The van der Waals surface area contributed by atoms with Crippen LogP contribution in [-0.4, -0.2) is 64.8 Å². The van der Waals surface area contributed by atoms with Crippen LogP contribution in [0.1, 0.15) is 45.1 Å². The first-order valence-corrected chi connectivity index (χ1v) is 10.9. The number of anilines is 1. The second-order valence-electron chi connectivity index (χ2n) is 7.78. The molecule has 1 aliphatic heterocycles. The van der Waals surface area contributed by atoms with Crippen molar-refractivity contribution in [2.45, 2.75) is 38.5 Å². The molecule has 33 heavy (non-hydrogen) atoms. The van der Waals surface area contributed by atoms with Crippen LogP contribution in [0.25, 0.3) is 11.1 Å². The minimum atomic E-state index is -1.84. The van der Waals surface area contributed by atoms with Gasteiger partial charge in [0.05, 0.1) is 40.3 Å². The third-order valence-electron chi connectivity index (χ3n) is 5.58. The first-order chi connectivity index (χ1) is 16.6. The molecule has 0 aliphatic carbocycles. The number of halogens is 1. The molecule has 4 rings (SSSR count). The van der Waals surface area contributed by atoms with Gasteiger partial charge in [-0.25, -0.2) is 0 Å². The van der Waals surface area contributed by atoms with Gasteiger partial charge in [0.25, 0.3) is 11.9 Å². The van der Waals surface area contributed by atoms with Gasteiger partial charge in [-0.1, -0.05) is 11.6 Å². The Balaban J connectivity index is 1.58. The lowest BCUT2D eigenvalue weighted by atomic mass is 10.1. The lowest BCUT2D eigenvalue weighted by Gasteiger charge is -2.23. The number of fused-ring (bicyclic) bond motifs is 1. The molecule has 2 aromatic heterocycles. The maximum Gasteiger partial charge on any atom is 0.296 e. The van der Waals surface area contributed by atoms with Crippen molar-refractivity contribution in [3.05, 3.63) is 46.7 Å². The van der Waals surface area contributed by atoms with Gasteiger partial charge in [-0.15, -0.1) is 0 Å². The number of ether oxygens (including phenoxy) is 2. The van der Waals surface area contributed by atoms with Crippen LogP contribution in [-0.2, 0) is 4.74 Å². The summed E-state index contributed by atoms with van der Waals surface area (Å²) in [4.78, 5) is 23.6. The van der Waals surface area contributed by atoms with Crippen molar-refractivity contribution in [1.29, 1.82) is 0 Å². The van der Waals surface area contributed by atoms with Crippen LogP contribution >= 0.6 is 11.6 Å². The molecule has 1 amide bonds. The lowest BCUT2D eigenvalue weighted by molar-refractivity contribution is 0.0579. The largest absolute Gasteiger partial charge is 0.493 e. The van der Waals surface area contributed by atoms with Gasteiger partial charge in [0, 0.05) is 29.9 Å². The summed E-state index contributed by atoms with van der Waals surface area (Å²) >= 11 is 6.06. The Morgan fingerprint density at radius 1 is 1.48 bits per heavy atom. The molecule has 176 valence electrons. The number of amides is 1. The summed E-state index contributed by atoms with van der Waals surface area (Å²) in [6.45, 7) is 1.26. The highest BCUT2D eigenvalue weighted by molar-refractivity contribution is 6.30. The second-order valence-corrected chi connectivity index (χ2v) is 8.22. The number of aliphatic hydroxyl groups excluding tert-OH is 1. The van der Waals surface area contributed by atoms with E-state index in [1.54, 1.807) is 30.5 Å². The van der Waals surface area contributed by atoms with Crippen LogP contribution in [0.5, 0.6) is 5.75 Å². The summed E-state index contributed by atoms with van der Waals surface area (Å²) in [7, 11) is 1.47. The molecule has 1 aliphatic rings. The highest BCUT2D eigenvalue weighted by Gasteiger charge is 2.36. The third kappa shape index (κ3) is 4.90. The molecular weight excluding hydrogens is 448 g/mol. The van der Waals surface area contributed by atoms with E-state index in [2.05, 4.69) is 15.3 Å². The summed E-state index contributed by atoms with van der Waals surface area (Å²) in [6.07, 6.45) is 1.43. The number of rotatable bonds is 8. The van der Waals surface area contributed by atoms with Crippen molar-refractivity contribution in [3.63, 3.8) is 0 Å². The highest BCUT2D eigenvalue weighted by atomic mass is 35.5. The number of nitrogens with one attached hydrogen (secondary N) is 1. The molecule has 3 heterocycles. The zero-order valence-corrected chi connectivity index (χ0v) is 19.3. The van der Waals surface area contributed by atoms with Gasteiger partial charge in [0.2, 0.25) is 0 Å². The Morgan fingerprint density at radius 2 is 2.30 bits per heavy atom. The molecule has 0 saturated carbocycles. The van der Waals surface area contributed by atoms with Crippen LogP contribution < -0.4 is 10.1 Å². The summed E-state index contributed by atoms with van der Waals surface area (Å²) in [6, 6.07) is 6.08. The van der Waals surface area contributed by atoms with Crippen molar-refractivity contribution in [2.75, 3.05) is 32.1 Å². The molecule has 0 radical (unpaired) electrons. The Hall–Kier alpha value is -2.88. The molecule has 3 aromatic rings. The number of aromatic nitrogens is 2. The minimum absolute atomic E-state index is 0.160. The van der Waals surface area contributed by atoms with Crippen molar-refractivity contribution in [1.82, 2.24) is 14.9 Å². The standard InChI is InChI=1S/C23H27ClN4O5/c1-4-32-17-10-16(12-29)28(11-17)22(30)14-7-19-21(20(8-14)31-3)33-23(27-19)26-13(2)18-9-15(24)5-6-25-18/h5-9,13,16-17,29H,4,10-12H2,1-3H3,(H,26,27)/t13?,16?,17-/m1/s1/i4D2. The number of benzene rings is 1. The Kier molecular flexibility index (Phi) is 6.24. The first-order valence-electron chi connectivity index (χ1n) is 11.5. The quantitative estimate of drug-likeness (QED) is 0.506. The van der Waals surface area contributed by atoms with Crippen molar-refractivity contribution in [2.24, 2.45) is 0 Å². The fourth-order valence-corrected chi connectivity index (χ4v) is 4.14. The molecule has 1 fully saturated rings. The molecule has 2 N–H and O–H groups in total. The number of likely N-dealkylation sites (tertiary alicyclic amines) is 1. The second kappa shape index (κ2) is 9.94. The van der Waals surface area contributed by atoms with E-state index in [-0.39, 0.29) is 31.1 Å². The van der Waals surface area contributed by atoms with Gasteiger partial charge >= 0.3 is 0 Å². The number of nitrogens with zero attached hydrogens (tertiary/aromatic N) is 3. The number of oxazole rings is 1. The van der Waals surface area contributed by atoms with E-state index in [1.165, 1.54) is 18.9 Å². The van der Waals surface area contributed by atoms with Crippen molar-refractivity contribution < 1.29 is 26.5 Å². The number of carbonyl (C=O) groups is 1. The smallest absolute Gasteiger partial charge is 0.296 e. The number of pyridine rings is 1. The van der Waals surface area contributed by atoms with Crippen LogP contribution in [0.4, 0.5) is 6.01 Å². The van der Waals surface area contributed by atoms with Gasteiger partial charge in [0.1, 0.15) is 5.52 Å². The Labute approximate surface area is 199 Å². The van der Waals surface area contributed by atoms with Crippen molar-refractivity contribution >= 4 is 34.6 Å².